The Morgan fingerprint density at radius 2 is 1.73 bits per heavy atom. The molecule has 1 heterocycles. The van der Waals surface area contributed by atoms with Crippen LogP contribution in [0.3, 0.4) is 0 Å². The van der Waals surface area contributed by atoms with Gasteiger partial charge in [-0.3, -0.25) is 9.36 Å². The van der Waals surface area contributed by atoms with Crippen LogP contribution in [-0.2, 0) is 0 Å². The van der Waals surface area contributed by atoms with Crippen LogP contribution in [0.15, 0.2) is 77.6 Å². The van der Waals surface area contributed by atoms with Gasteiger partial charge >= 0.3 is 0 Å². The number of methoxy groups -OCH3 is 1. The summed E-state index contributed by atoms with van der Waals surface area (Å²) in [4.78, 5) is 18.0. The number of nitrogens with zero attached hydrogens (tertiary/aromatic N) is 2. The number of rotatable bonds is 3. The van der Waals surface area contributed by atoms with E-state index in [4.69, 9.17) is 21.3 Å². The molecule has 0 aliphatic heterocycles. The molecule has 26 heavy (non-hydrogen) atoms. The zero-order valence-electron chi connectivity index (χ0n) is 14.0. The fourth-order valence-corrected chi connectivity index (χ4v) is 3.17. The zero-order valence-corrected chi connectivity index (χ0v) is 14.8. The normalized spacial score (nSPS) is 10.8. The predicted octanol–water partition coefficient (Wildman–Crippen LogP) is 4.71. The van der Waals surface area contributed by atoms with Gasteiger partial charge in [0.15, 0.2) is 0 Å². The van der Waals surface area contributed by atoms with Crippen molar-refractivity contribution in [1.29, 1.82) is 0 Å². The monoisotopic (exact) mass is 362 g/mol. The highest BCUT2D eigenvalue weighted by Crippen LogP contribution is 2.29. The van der Waals surface area contributed by atoms with E-state index in [2.05, 4.69) is 0 Å². The maximum absolute atomic E-state index is 13.3. The third kappa shape index (κ3) is 2.74. The number of halogens is 1. The van der Waals surface area contributed by atoms with E-state index >= 15 is 0 Å². The first-order chi connectivity index (χ1) is 12.7. The standard InChI is InChI=1S/C21H15ClN2O2/c1-26-15-8-6-7-14(13-15)24-20(16-9-2-4-11-18(16)22)23-19-12-5-3-10-17(19)21(24)25/h2-13H,1H3. The van der Waals surface area contributed by atoms with Crippen molar-refractivity contribution in [2.24, 2.45) is 0 Å². The second-order valence-electron chi connectivity index (χ2n) is 5.77. The summed E-state index contributed by atoms with van der Waals surface area (Å²) in [5.41, 5.74) is 1.84. The van der Waals surface area contributed by atoms with E-state index in [1.807, 2.05) is 54.6 Å². The molecule has 4 aromatic rings. The van der Waals surface area contributed by atoms with Gasteiger partial charge in [0.2, 0.25) is 0 Å². The molecular weight excluding hydrogens is 348 g/mol. The van der Waals surface area contributed by atoms with E-state index in [0.29, 0.717) is 38.8 Å². The molecule has 0 fully saturated rings. The van der Waals surface area contributed by atoms with Crippen LogP contribution in [0, 0.1) is 0 Å². The second kappa shape index (κ2) is 6.65. The SMILES string of the molecule is COc1cccc(-n2c(-c3ccccc3Cl)nc3ccccc3c2=O)c1. The summed E-state index contributed by atoms with van der Waals surface area (Å²) in [6.07, 6.45) is 0. The molecule has 0 bridgehead atoms. The Balaban J connectivity index is 2.13. The molecule has 0 saturated heterocycles. The fourth-order valence-electron chi connectivity index (χ4n) is 2.95. The molecular formula is C21H15ClN2O2. The van der Waals surface area contributed by atoms with Gasteiger partial charge in [0.05, 0.1) is 28.7 Å². The number of hydrogen-bond donors (Lipinski definition) is 0. The van der Waals surface area contributed by atoms with Crippen molar-refractivity contribution in [1.82, 2.24) is 9.55 Å². The Kier molecular flexibility index (Phi) is 4.19. The van der Waals surface area contributed by atoms with Crippen LogP contribution in [0.5, 0.6) is 5.75 Å². The quantitative estimate of drug-likeness (QED) is 0.530. The third-order valence-corrected chi connectivity index (χ3v) is 4.53. The van der Waals surface area contributed by atoms with E-state index in [1.54, 1.807) is 29.9 Å². The average molecular weight is 363 g/mol. The number of ether oxygens (including phenoxy) is 1. The van der Waals surface area contributed by atoms with Crippen molar-refractivity contribution >= 4 is 22.5 Å². The van der Waals surface area contributed by atoms with Gasteiger partial charge in [0, 0.05) is 11.6 Å². The van der Waals surface area contributed by atoms with Crippen LogP contribution in [0.1, 0.15) is 0 Å². The van der Waals surface area contributed by atoms with Gasteiger partial charge in [0.25, 0.3) is 5.56 Å². The molecule has 128 valence electrons. The lowest BCUT2D eigenvalue weighted by molar-refractivity contribution is 0.414. The largest absolute Gasteiger partial charge is 0.497 e. The van der Waals surface area contributed by atoms with Gasteiger partial charge in [-0.2, -0.15) is 0 Å². The highest BCUT2D eigenvalue weighted by atomic mass is 35.5. The van der Waals surface area contributed by atoms with Gasteiger partial charge in [-0.1, -0.05) is 41.9 Å². The van der Waals surface area contributed by atoms with Crippen LogP contribution in [0.2, 0.25) is 5.02 Å². The molecule has 1 aromatic heterocycles. The molecule has 0 N–H and O–H groups in total. The van der Waals surface area contributed by atoms with E-state index < -0.39 is 0 Å². The number of para-hydroxylation sites is 1. The van der Waals surface area contributed by atoms with Crippen LogP contribution in [0.4, 0.5) is 0 Å². The minimum absolute atomic E-state index is 0.154. The van der Waals surface area contributed by atoms with E-state index in [-0.39, 0.29) is 5.56 Å². The fraction of sp³-hybridized carbons (Fsp3) is 0.0476. The lowest BCUT2D eigenvalue weighted by atomic mass is 10.1. The number of aromatic nitrogens is 2. The highest BCUT2D eigenvalue weighted by Gasteiger charge is 2.16. The third-order valence-electron chi connectivity index (χ3n) is 4.20. The Labute approximate surface area is 155 Å². The van der Waals surface area contributed by atoms with Crippen LogP contribution in [-0.4, -0.2) is 16.7 Å². The van der Waals surface area contributed by atoms with E-state index in [1.165, 1.54) is 0 Å². The summed E-state index contributed by atoms with van der Waals surface area (Å²) < 4.78 is 6.89. The number of fused-ring (bicyclic) bond motifs is 1. The Hall–Kier alpha value is -3.11. The summed E-state index contributed by atoms with van der Waals surface area (Å²) in [7, 11) is 1.59. The summed E-state index contributed by atoms with van der Waals surface area (Å²) >= 11 is 6.40. The lowest BCUT2D eigenvalue weighted by Gasteiger charge is -2.15. The van der Waals surface area contributed by atoms with Crippen LogP contribution >= 0.6 is 11.6 Å². The summed E-state index contributed by atoms with van der Waals surface area (Å²) in [5, 5.41) is 1.08. The molecule has 0 atom stereocenters. The molecule has 0 aliphatic rings. The average Bonchev–Trinajstić information content (AvgIpc) is 2.68. The first kappa shape index (κ1) is 16.4. The molecule has 5 heteroatoms. The first-order valence-corrected chi connectivity index (χ1v) is 8.48. The molecule has 0 amide bonds. The van der Waals surface area contributed by atoms with Crippen molar-refractivity contribution in [3.8, 4) is 22.8 Å². The minimum Gasteiger partial charge on any atom is -0.497 e. The van der Waals surface area contributed by atoms with Crippen molar-refractivity contribution in [2.45, 2.75) is 0 Å². The highest BCUT2D eigenvalue weighted by molar-refractivity contribution is 6.33. The zero-order chi connectivity index (χ0) is 18.1. The second-order valence-corrected chi connectivity index (χ2v) is 6.18. The first-order valence-electron chi connectivity index (χ1n) is 8.10. The van der Waals surface area contributed by atoms with Crippen molar-refractivity contribution in [3.05, 3.63) is 88.2 Å². The lowest BCUT2D eigenvalue weighted by Crippen LogP contribution is -2.22. The topological polar surface area (TPSA) is 44.1 Å². The van der Waals surface area contributed by atoms with Crippen molar-refractivity contribution < 1.29 is 4.74 Å². The van der Waals surface area contributed by atoms with Gasteiger partial charge < -0.3 is 4.74 Å². The Bertz CT molecular complexity index is 1170. The maximum atomic E-state index is 13.3. The molecule has 0 aliphatic carbocycles. The minimum atomic E-state index is -0.154. The summed E-state index contributed by atoms with van der Waals surface area (Å²) in [6, 6.07) is 22.0. The molecule has 0 saturated carbocycles. The molecule has 0 radical (unpaired) electrons. The van der Waals surface area contributed by atoms with Gasteiger partial charge in [-0.05, 0) is 36.4 Å². The molecule has 0 spiro atoms. The van der Waals surface area contributed by atoms with Gasteiger partial charge in [-0.25, -0.2) is 4.98 Å². The van der Waals surface area contributed by atoms with Crippen molar-refractivity contribution in [2.75, 3.05) is 7.11 Å². The maximum Gasteiger partial charge on any atom is 0.266 e. The number of benzene rings is 3. The number of hydrogen-bond acceptors (Lipinski definition) is 3. The Morgan fingerprint density at radius 3 is 2.54 bits per heavy atom. The molecule has 4 rings (SSSR count). The van der Waals surface area contributed by atoms with E-state index in [0.717, 1.165) is 0 Å². The smallest absolute Gasteiger partial charge is 0.266 e. The van der Waals surface area contributed by atoms with E-state index in [9.17, 15) is 4.79 Å². The molecule has 4 nitrogen and oxygen atoms in total. The van der Waals surface area contributed by atoms with Gasteiger partial charge in [-0.15, -0.1) is 0 Å². The Morgan fingerprint density at radius 1 is 0.962 bits per heavy atom. The van der Waals surface area contributed by atoms with Crippen LogP contribution < -0.4 is 10.3 Å². The van der Waals surface area contributed by atoms with Crippen LogP contribution in [0.25, 0.3) is 28.0 Å². The summed E-state index contributed by atoms with van der Waals surface area (Å²) in [5.74, 6) is 1.15. The summed E-state index contributed by atoms with van der Waals surface area (Å²) in [6.45, 7) is 0. The molecule has 3 aromatic carbocycles. The predicted molar refractivity (Wildman–Crippen MR) is 104 cm³/mol. The van der Waals surface area contributed by atoms with Gasteiger partial charge in [0.1, 0.15) is 11.6 Å². The molecule has 0 unspecified atom stereocenters. The van der Waals surface area contributed by atoms with Crippen molar-refractivity contribution in [3.63, 3.8) is 0 Å².